The Bertz CT molecular complexity index is 572. The normalized spacial score (nSPS) is 14.3. The number of hydrogen-bond acceptors (Lipinski definition) is 2. The predicted molar refractivity (Wildman–Crippen MR) is 54.2 cm³/mol. The maximum atomic E-state index is 12.9. The molecule has 0 atom stereocenters. The summed E-state index contributed by atoms with van der Waals surface area (Å²) in [6.07, 6.45) is -2.42. The van der Waals surface area contributed by atoms with Gasteiger partial charge in [-0.2, -0.15) is 13.2 Å². The van der Waals surface area contributed by atoms with E-state index in [0.29, 0.717) is 24.2 Å². The molecule has 17 heavy (non-hydrogen) atoms. The second kappa shape index (κ2) is 3.32. The number of benzene rings is 1. The molecule has 0 fully saturated rings. The van der Waals surface area contributed by atoms with E-state index in [2.05, 4.69) is 10.3 Å². The topological polar surface area (TPSA) is 30.7 Å². The van der Waals surface area contributed by atoms with E-state index in [9.17, 15) is 13.2 Å². The first-order valence-corrected chi connectivity index (χ1v) is 5.15. The summed E-state index contributed by atoms with van der Waals surface area (Å²) in [6, 6.07) is 4.27. The Hall–Kier alpha value is -1.85. The summed E-state index contributed by atoms with van der Waals surface area (Å²) in [4.78, 5) is 0. The summed E-state index contributed by atoms with van der Waals surface area (Å²) in [5, 5.41) is 7.45. The zero-order chi connectivity index (χ0) is 12.0. The van der Waals surface area contributed by atoms with Gasteiger partial charge in [0.15, 0.2) is 0 Å². The van der Waals surface area contributed by atoms with Crippen LogP contribution in [0.4, 0.5) is 13.2 Å². The Labute approximate surface area is 94.9 Å². The third kappa shape index (κ3) is 1.51. The van der Waals surface area contributed by atoms with Crippen LogP contribution < -0.4 is 0 Å². The maximum absolute atomic E-state index is 12.9. The quantitative estimate of drug-likeness (QED) is 0.707. The van der Waals surface area contributed by atoms with Crippen molar-refractivity contribution in [2.75, 3.05) is 0 Å². The van der Waals surface area contributed by atoms with Crippen molar-refractivity contribution in [2.24, 2.45) is 0 Å². The standard InChI is InChI=1S/C11H8F3N3/c12-11(13,14)8-3-1-2-7-4-5-17-9(10(7)8)6-15-16-17/h1-3,6H,4-5H2. The highest BCUT2D eigenvalue weighted by molar-refractivity contribution is 5.69. The van der Waals surface area contributed by atoms with Crippen molar-refractivity contribution in [1.82, 2.24) is 15.0 Å². The molecule has 0 spiro atoms. The van der Waals surface area contributed by atoms with Gasteiger partial charge in [-0.25, -0.2) is 4.68 Å². The van der Waals surface area contributed by atoms with Gasteiger partial charge in [-0.15, -0.1) is 5.10 Å². The van der Waals surface area contributed by atoms with E-state index in [1.54, 1.807) is 6.07 Å². The van der Waals surface area contributed by atoms with Crippen LogP contribution in [0, 0.1) is 0 Å². The van der Waals surface area contributed by atoms with Gasteiger partial charge in [-0.05, 0) is 18.1 Å². The third-order valence-corrected chi connectivity index (χ3v) is 2.92. The summed E-state index contributed by atoms with van der Waals surface area (Å²) in [5.74, 6) is 0. The second-order valence-electron chi connectivity index (χ2n) is 3.93. The molecule has 0 N–H and O–H groups in total. The van der Waals surface area contributed by atoms with Crippen molar-refractivity contribution in [3.8, 4) is 11.3 Å². The molecule has 3 nitrogen and oxygen atoms in total. The van der Waals surface area contributed by atoms with Crippen LogP contribution in [0.5, 0.6) is 0 Å². The van der Waals surface area contributed by atoms with Crippen molar-refractivity contribution >= 4 is 0 Å². The van der Waals surface area contributed by atoms with Gasteiger partial charge in [-0.3, -0.25) is 0 Å². The molecule has 0 amide bonds. The highest BCUT2D eigenvalue weighted by atomic mass is 19.4. The number of nitrogens with zero attached hydrogens (tertiary/aromatic N) is 3. The fourth-order valence-corrected chi connectivity index (χ4v) is 2.19. The average Bonchev–Trinajstić information content (AvgIpc) is 2.75. The SMILES string of the molecule is FC(F)(F)c1cccc2c1-c1cnnn1CC2. The Kier molecular flexibility index (Phi) is 2.01. The van der Waals surface area contributed by atoms with E-state index >= 15 is 0 Å². The molecule has 3 rings (SSSR count). The van der Waals surface area contributed by atoms with Gasteiger partial charge in [0, 0.05) is 12.1 Å². The summed E-state index contributed by atoms with van der Waals surface area (Å²) >= 11 is 0. The number of halogens is 3. The van der Waals surface area contributed by atoms with E-state index in [4.69, 9.17) is 0 Å². The fourth-order valence-electron chi connectivity index (χ4n) is 2.19. The molecule has 2 aromatic rings. The molecule has 2 heterocycles. The number of aryl methyl sites for hydroxylation is 2. The van der Waals surface area contributed by atoms with E-state index in [0.717, 1.165) is 6.07 Å². The van der Waals surface area contributed by atoms with Crippen molar-refractivity contribution < 1.29 is 13.2 Å². The maximum Gasteiger partial charge on any atom is 0.417 e. The van der Waals surface area contributed by atoms with Crippen LogP contribution in [-0.2, 0) is 19.1 Å². The zero-order valence-electron chi connectivity index (χ0n) is 8.70. The minimum Gasteiger partial charge on any atom is -0.244 e. The van der Waals surface area contributed by atoms with Gasteiger partial charge in [0.2, 0.25) is 0 Å². The van der Waals surface area contributed by atoms with Crippen LogP contribution in [0.15, 0.2) is 24.4 Å². The van der Waals surface area contributed by atoms with E-state index in [1.807, 2.05) is 0 Å². The van der Waals surface area contributed by atoms with Gasteiger partial charge in [0.05, 0.1) is 17.5 Å². The first-order valence-electron chi connectivity index (χ1n) is 5.15. The third-order valence-electron chi connectivity index (χ3n) is 2.92. The predicted octanol–water partition coefficient (Wildman–Crippen LogP) is 2.52. The first-order chi connectivity index (χ1) is 8.07. The number of aromatic nitrogens is 3. The smallest absolute Gasteiger partial charge is 0.244 e. The van der Waals surface area contributed by atoms with Crippen molar-refractivity contribution in [3.63, 3.8) is 0 Å². The molecule has 1 aliphatic rings. The zero-order valence-corrected chi connectivity index (χ0v) is 8.70. The van der Waals surface area contributed by atoms with Crippen LogP contribution in [0.3, 0.4) is 0 Å². The molecule has 0 aliphatic carbocycles. The molecule has 0 saturated heterocycles. The Morgan fingerprint density at radius 1 is 1.24 bits per heavy atom. The summed E-state index contributed by atoms with van der Waals surface area (Å²) in [6.45, 7) is 0.573. The molecule has 88 valence electrons. The van der Waals surface area contributed by atoms with Gasteiger partial charge in [0.1, 0.15) is 0 Å². The van der Waals surface area contributed by atoms with E-state index < -0.39 is 11.7 Å². The van der Waals surface area contributed by atoms with Gasteiger partial charge >= 0.3 is 6.18 Å². The molecule has 1 aliphatic heterocycles. The Balaban J connectivity index is 2.30. The van der Waals surface area contributed by atoms with Gasteiger partial charge < -0.3 is 0 Å². The lowest BCUT2D eigenvalue weighted by Crippen LogP contribution is -2.16. The van der Waals surface area contributed by atoms with Crippen LogP contribution in [-0.4, -0.2) is 15.0 Å². The molecule has 0 saturated carbocycles. The lowest BCUT2D eigenvalue weighted by molar-refractivity contribution is -0.137. The minimum absolute atomic E-state index is 0.219. The molecule has 1 aromatic carbocycles. The largest absolute Gasteiger partial charge is 0.417 e. The Morgan fingerprint density at radius 2 is 2.06 bits per heavy atom. The summed E-state index contributed by atoms with van der Waals surface area (Å²) in [7, 11) is 0. The van der Waals surface area contributed by atoms with Gasteiger partial charge in [-0.1, -0.05) is 17.3 Å². The summed E-state index contributed by atoms with van der Waals surface area (Å²) in [5.41, 5.74) is 0.753. The molecule has 0 radical (unpaired) electrons. The Morgan fingerprint density at radius 3 is 2.82 bits per heavy atom. The fraction of sp³-hybridized carbons (Fsp3) is 0.273. The number of hydrogen-bond donors (Lipinski definition) is 0. The van der Waals surface area contributed by atoms with Crippen molar-refractivity contribution in [2.45, 2.75) is 19.1 Å². The molecule has 6 heteroatoms. The monoisotopic (exact) mass is 239 g/mol. The molecule has 0 bridgehead atoms. The van der Waals surface area contributed by atoms with E-state index in [1.165, 1.54) is 16.9 Å². The molecular formula is C11H8F3N3. The highest BCUT2D eigenvalue weighted by Gasteiger charge is 2.36. The van der Waals surface area contributed by atoms with Crippen molar-refractivity contribution in [1.29, 1.82) is 0 Å². The van der Waals surface area contributed by atoms with Gasteiger partial charge in [0.25, 0.3) is 0 Å². The molecule has 0 unspecified atom stereocenters. The average molecular weight is 239 g/mol. The lowest BCUT2D eigenvalue weighted by Gasteiger charge is -2.21. The highest BCUT2D eigenvalue weighted by Crippen LogP contribution is 2.40. The summed E-state index contributed by atoms with van der Waals surface area (Å²) < 4.78 is 40.3. The number of alkyl halides is 3. The van der Waals surface area contributed by atoms with Crippen LogP contribution in [0.2, 0.25) is 0 Å². The lowest BCUT2D eigenvalue weighted by atomic mass is 9.94. The van der Waals surface area contributed by atoms with Crippen molar-refractivity contribution in [3.05, 3.63) is 35.5 Å². The molecular weight excluding hydrogens is 231 g/mol. The van der Waals surface area contributed by atoms with Crippen LogP contribution in [0.1, 0.15) is 11.1 Å². The number of rotatable bonds is 0. The first kappa shape index (κ1) is 10.3. The van der Waals surface area contributed by atoms with Crippen LogP contribution >= 0.6 is 0 Å². The second-order valence-corrected chi connectivity index (χ2v) is 3.93. The number of fused-ring (bicyclic) bond motifs is 3. The van der Waals surface area contributed by atoms with E-state index in [-0.39, 0.29) is 5.56 Å². The minimum atomic E-state index is -4.35. The molecule has 1 aromatic heterocycles. The van der Waals surface area contributed by atoms with Crippen LogP contribution in [0.25, 0.3) is 11.3 Å².